The van der Waals surface area contributed by atoms with Gasteiger partial charge in [-0.1, -0.05) is 37.3 Å². The number of sulfone groups is 1. The maximum Gasteiger partial charge on any atom is 0.350 e. The summed E-state index contributed by atoms with van der Waals surface area (Å²) in [5.41, 5.74) is 0. The lowest BCUT2D eigenvalue weighted by atomic mass is 10.3. The average molecular weight is 366 g/mol. The van der Waals surface area contributed by atoms with Gasteiger partial charge in [0.05, 0.1) is 11.5 Å². The fourth-order valence-electron chi connectivity index (χ4n) is 2.00. The van der Waals surface area contributed by atoms with Gasteiger partial charge in [0.25, 0.3) is 0 Å². The molecule has 0 bridgehead atoms. The van der Waals surface area contributed by atoms with Crippen LogP contribution in [0.25, 0.3) is 0 Å². The van der Waals surface area contributed by atoms with Crippen LogP contribution in [0.1, 0.15) is 33.1 Å². The van der Waals surface area contributed by atoms with Gasteiger partial charge in [-0.15, -0.1) is 0 Å². The number of hydrogen-bond donors (Lipinski definition) is 0. The first-order valence-corrected chi connectivity index (χ1v) is 9.94. The molecule has 1 rings (SSSR count). The highest BCUT2D eigenvalue weighted by atomic mass is 32.2. The summed E-state index contributed by atoms with van der Waals surface area (Å²) in [6.45, 7) is 5.20. The van der Waals surface area contributed by atoms with Gasteiger partial charge in [0, 0.05) is 13.2 Å². The van der Waals surface area contributed by atoms with E-state index < -0.39 is 15.8 Å². The first kappa shape index (κ1) is 21.1. The van der Waals surface area contributed by atoms with Crippen molar-refractivity contribution in [3.05, 3.63) is 53.5 Å². The lowest BCUT2D eigenvalue weighted by molar-refractivity contribution is -0.137. The van der Waals surface area contributed by atoms with Crippen LogP contribution in [0.4, 0.5) is 0 Å². The molecule has 0 radical (unpaired) electrons. The van der Waals surface area contributed by atoms with Crippen molar-refractivity contribution in [2.24, 2.45) is 0 Å². The zero-order valence-corrected chi connectivity index (χ0v) is 15.6. The van der Waals surface area contributed by atoms with E-state index in [4.69, 9.17) is 9.47 Å². The van der Waals surface area contributed by atoms with Crippen LogP contribution < -0.4 is 0 Å². The van der Waals surface area contributed by atoms with Crippen molar-refractivity contribution in [2.45, 2.75) is 38.0 Å². The lowest BCUT2D eigenvalue weighted by Crippen LogP contribution is -2.16. The molecular weight excluding hydrogens is 340 g/mol. The van der Waals surface area contributed by atoms with Crippen molar-refractivity contribution < 1.29 is 22.7 Å². The zero-order valence-electron chi connectivity index (χ0n) is 14.8. The molecule has 0 saturated carbocycles. The SMILES string of the molecule is CCCOCCCC=CC=C(C(=O)OCC)S(=O)(=O)c1ccccc1. The fourth-order valence-corrected chi connectivity index (χ4v) is 3.30. The predicted octanol–water partition coefficient (Wildman–Crippen LogP) is 3.67. The van der Waals surface area contributed by atoms with E-state index in [9.17, 15) is 13.2 Å². The molecule has 25 heavy (non-hydrogen) atoms. The third-order valence-corrected chi connectivity index (χ3v) is 4.99. The minimum Gasteiger partial charge on any atom is -0.462 e. The summed E-state index contributed by atoms with van der Waals surface area (Å²) in [5.74, 6) is -0.845. The fraction of sp³-hybridized carbons (Fsp3) is 0.421. The third kappa shape index (κ3) is 7.23. The maximum atomic E-state index is 12.7. The molecule has 0 unspecified atom stereocenters. The lowest BCUT2D eigenvalue weighted by Gasteiger charge is -2.08. The number of esters is 1. The summed E-state index contributed by atoms with van der Waals surface area (Å²) >= 11 is 0. The molecule has 5 nitrogen and oxygen atoms in total. The summed E-state index contributed by atoms with van der Waals surface area (Å²) in [7, 11) is -3.92. The molecule has 0 aromatic heterocycles. The van der Waals surface area contributed by atoms with Crippen molar-refractivity contribution in [3.63, 3.8) is 0 Å². The van der Waals surface area contributed by atoms with Gasteiger partial charge in [-0.2, -0.15) is 0 Å². The van der Waals surface area contributed by atoms with Gasteiger partial charge in [-0.3, -0.25) is 0 Å². The summed E-state index contributed by atoms with van der Waals surface area (Å²) in [6.07, 6.45) is 7.25. The minimum atomic E-state index is -3.92. The van der Waals surface area contributed by atoms with Gasteiger partial charge < -0.3 is 9.47 Å². The van der Waals surface area contributed by atoms with Crippen LogP contribution in [0.2, 0.25) is 0 Å². The van der Waals surface area contributed by atoms with Crippen LogP contribution in [0.15, 0.2) is 58.4 Å². The Labute approximate surface area is 150 Å². The molecule has 138 valence electrons. The summed E-state index contributed by atoms with van der Waals surface area (Å²) in [6, 6.07) is 7.85. The van der Waals surface area contributed by atoms with Crippen molar-refractivity contribution in [1.29, 1.82) is 0 Å². The van der Waals surface area contributed by atoms with E-state index in [1.807, 2.05) is 6.08 Å². The molecule has 6 heteroatoms. The Morgan fingerprint density at radius 3 is 2.48 bits per heavy atom. The first-order chi connectivity index (χ1) is 12.0. The number of hydrogen-bond acceptors (Lipinski definition) is 5. The summed E-state index contributed by atoms with van der Waals surface area (Å²) in [4.78, 5) is 11.8. The van der Waals surface area contributed by atoms with Crippen molar-refractivity contribution in [3.8, 4) is 0 Å². The quantitative estimate of drug-likeness (QED) is 0.259. The smallest absolute Gasteiger partial charge is 0.350 e. The molecule has 0 spiro atoms. The molecule has 0 aliphatic heterocycles. The average Bonchev–Trinajstić information content (AvgIpc) is 2.61. The monoisotopic (exact) mass is 366 g/mol. The maximum absolute atomic E-state index is 12.7. The van der Waals surface area contributed by atoms with Gasteiger partial charge in [0.15, 0.2) is 4.91 Å². The van der Waals surface area contributed by atoms with Crippen molar-refractivity contribution in [2.75, 3.05) is 19.8 Å². The molecule has 0 aliphatic rings. The van der Waals surface area contributed by atoms with E-state index in [1.54, 1.807) is 31.2 Å². The third-order valence-electron chi connectivity index (χ3n) is 3.21. The minimum absolute atomic E-state index is 0.0654. The van der Waals surface area contributed by atoms with Gasteiger partial charge in [-0.25, -0.2) is 13.2 Å². The Bertz CT molecular complexity index is 675. The number of ether oxygens (including phenoxy) is 2. The zero-order chi connectivity index (χ0) is 18.5. The molecule has 0 atom stereocenters. The van der Waals surface area contributed by atoms with E-state index in [2.05, 4.69) is 6.92 Å². The number of carbonyl (C=O) groups excluding carboxylic acids is 1. The number of rotatable bonds is 11. The Morgan fingerprint density at radius 1 is 1.12 bits per heavy atom. The van der Waals surface area contributed by atoms with Gasteiger partial charge in [-0.05, 0) is 44.4 Å². The first-order valence-electron chi connectivity index (χ1n) is 8.45. The van der Waals surface area contributed by atoms with Gasteiger partial charge in [0.1, 0.15) is 0 Å². The topological polar surface area (TPSA) is 69.7 Å². The number of benzene rings is 1. The molecule has 1 aromatic carbocycles. The predicted molar refractivity (Wildman–Crippen MR) is 97.8 cm³/mol. The number of allylic oxidation sites excluding steroid dienone is 3. The van der Waals surface area contributed by atoms with Crippen LogP contribution >= 0.6 is 0 Å². The highest BCUT2D eigenvalue weighted by Gasteiger charge is 2.27. The Morgan fingerprint density at radius 2 is 1.84 bits per heavy atom. The van der Waals surface area contributed by atoms with Crippen molar-refractivity contribution >= 4 is 15.8 Å². The van der Waals surface area contributed by atoms with E-state index in [0.29, 0.717) is 6.61 Å². The van der Waals surface area contributed by atoms with Crippen LogP contribution in [-0.2, 0) is 24.1 Å². The standard InChI is InChI=1S/C19H26O5S/c1-3-15-23-16-11-6-5-10-14-18(19(20)24-4-2)25(21,22)17-12-8-7-9-13-17/h5,7-10,12-14H,3-4,6,11,15-16H2,1-2H3. The van der Waals surface area contributed by atoms with Crippen LogP contribution in [0.5, 0.6) is 0 Å². The van der Waals surface area contributed by atoms with E-state index in [1.165, 1.54) is 18.2 Å². The highest BCUT2D eigenvalue weighted by molar-refractivity contribution is 7.96. The molecule has 0 heterocycles. The second kappa shape index (κ2) is 11.6. The van der Waals surface area contributed by atoms with Crippen LogP contribution in [0.3, 0.4) is 0 Å². The van der Waals surface area contributed by atoms with E-state index in [-0.39, 0.29) is 16.4 Å². The number of carbonyl (C=O) groups is 1. The largest absolute Gasteiger partial charge is 0.462 e. The molecular formula is C19H26O5S. The van der Waals surface area contributed by atoms with Gasteiger partial charge >= 0.3 is 5.97 Å². The Kier molecular flexibility index (Phi) is 9.80. The second-order valence-corrected chi connectivity index (χ2v) is 7.17. The van der Waals surface area contributed by atoms with Crippen molar-refractivity contribution in [1.82, 2.24) is 0 Å². The number of unbranched alkanes of at least 4 members (excludes halogenated alkanes) is 1. The van der Waals surface area contributed by atoms with E-state index in [0.717, 1.165) is 25.9 Å². The molecule has 1 aromatic rings. The van der Waals surface area contributed by atoms with Crippen LogP contribution in [0, 0.1) is 0 Å². The van der Waals surface area contributed by atoms with Crippen LogP contribution in [-0.4, -0.2) is 34.2 Å². The second-order valence-electron chi connectivity index (χ2n) is 5.25. The molecule has 0 N–H and O–H groups in total. The normalized spacial score (nSPS) is 12.5. The summed E-state index contributed by atoms with van der Waals surface area (Å²) in [5, 5.41) is 0. The Hall–Kier alpha value is -1.92. The molecule has 0 fully saturated rings. The molecule has 0 saturated heterocycles. The Balaban J connectivity index is 2.85. The van der Waals surface area contributed by atoms with Gasteiger partial charge in [0.2, 0.25) is 9.84 Å². The highest BCUT2D eigenvalue weighted by Crippen LogP contribution is 2.20. The summed E-state index contributed by atoms with van der Waals surface area (Å²) < 4.78 is 35.6. The molecule has 0 aliphatic carbocycles. The molecule has 0 amide bonds. The van der Waals surface area contributed by atoms with E-state index >= 15 is 0 Å².